The van der Waals surface area contributed by atoms with Crippen molar-refractivity contribution in [1.29, 1.82) is 0 Å². The second kappa shape index (κ2) is 8.51. The normalized spacial score (nSPS) is 11.1. The summed E-state index contributed by atoms with van der Waals surface area (Å²) in [5.74, 6) is 0. The summed E-state index contributed by atoms with van der Waals surface area (Å²) >= 11 is 5.84. The van der Waals surface area contributed by atoms with Gasteiger partial charge in [-0.15, -0.1) is 0 Å². The van der Waals surface area contributed by atoms with E-state index in [1.807, 2.05) is 12.1 Å². The lowest BCUT2D eigenvalue weighted by molar-refractivity contribution is 0.287. The van der Waals surface area contributed by atoms with Crippen LogP contribution in [0.5, 0.6) is 0 Å². The smallest absolute Gasteiger partial charge is 0.0406 e. The molecule has 0 spiro atoms. The summed E-state index contributed by atoms with van der Waals surface area (Å²) in [5.41, 5.74) is 1.29. The Balaban J connectivity index is 2.17. The minimum absolute atomic E-state index is 0.800. The van der Waals surface area contributed by atoms with E-state index in [4.69, 9.17) is 11.6 Å². The highest BCUT2D eigenvalue weighted by atomic mass is 35.5. The van der Waals surface area contributed by atoms with Crippen molar-refractivity contribution >= 4 is 11.6 Å². The fourth-order valence-electron chi connectivity index (χ4n) is 1.82. The van der Waals surface area contributed by atoms with Crippen molar-refractivity contribution in [3.8, 4) is 0 Å². The van der Waals surface area contributed by atoms with Gasteiger partial charge in [-0.3, -0.25) is 0 Å². The number of hydrogen-bond acceptors (Lipinski definition) is 2. The van der Waals surface area contributed by atoms with Gasteiger partial charge in [-0.25, -0.2) is 0 Å². The maximum atomic E-state index is 5.84. The number of nitrogens with one attached hydrogen (secondary N) is 1. The SMILES string of the molecule is CCCN(CC)CCNCc1ccc(Cl)cc1. The Kier molecular flexibility index (Phi) is 7.25. The topological polar surface area (TPSA) is 15.3 Å². The van der Waals surface area contributed by atoms with E-state index in [1.54, 1.807) is 0 Å². The Labute approximate surface area is 110 Å². The van der Waals surface area contributed by atoms with Crippen LogP contribution in [0.2, 0.25) is 5.02 Å². The number of rotatable bonds is 8. The molecule has 1 aromatic carbocycles. The number of halogens is 1. The maximum absolute atomic E-state index is 5.84. The molecule has 0 aromatic heterocycles. The van der Waals surface area contributed by atoms with Crippen molar-refractivity contribution in [3.63, 3.8) is 0 Å². The summed E-state index contributed by atoms with van der Waals surface area (Å²) in [4.78, 5) is 2.47. The Hall–Kier alpha value is -0.570. The molecule has 2 nitrogen and oxygen atoms in total. The van der Waals surface area contributed by atoms with Crippen molar-refractivity contribution in [1.82, 2.24) is 10.2 Å². The summed E-state index contributed by atoms with van der Waals surface area (Å²) in [6, 6.07) is 8.01. The number of hydrogen-bond donors (Lipinski definition) is 1. The maximum Gasteiger partial charge on any atom is 0.0406 e. The van der Waals surface area contributed by atoms with Crippen molar-refractivity contribution in [2.75, 3.05) is 26.2 Å². The first kappa shape index (κ1) is 14.5. The predicted octanol–water partition coefficient (Wildman–Crippen LogP) is 3.16. The Morgan fingerprint density at radius 3 is 2.41 bits per heavy atom. The molecule has 0 aliphatic heterocycles. The molecule has 0 aliphatic carbocycles. The molecule has 0 aliphatic rings. The monoisotopic (exact) mass is 254 g/mol. The standard InChI is InChI=1S/C14H23ClN2/c1-3-10-17(4-2)11-9-16-12-13-5-7-14(15)8-6-13/h5-8,16H,3-4,9-12H2,1-2H3. The van der Waals surface area contributed by atoms with Crippen LogP contribution in [0.15, 0.2) is 24.3 Å². The van der Waals surface area contributed by atoms with Crippen molar-refractivity contribution < 1.29 is 0 Å². The van der Waals surface area contributed by atoms with Crippen LogP contribution in [0.4, 0.5) is 0 Å². The molecule has 1 aromatic rings. The van der Waals surface area contributed by atoms with Gasteiger partial charge in [0.1, 0.15) is 0 Å². The third kappa shape index (κ3) is 6.06. The summed E-state index contributed by atoms with van der Waals surface area (Å²) in [5, 5.41) is 4.26. The van der Waals surface area contributed by atoms with Crippen LogP contribution in [-0.2, 0) is 6.54 Å². The predicted molar refractivity (Wildman–Crippen MR) is 75.6 cm³/mol. The molecule has 1 rings (SSSR count). The fourth-order valence-corrected chi connectivity index (χ4v) is 1.94. The fraction of sp³-hybridized carbons (Fsp3) is 0.571. The second-order valence-electron chi connectivity index (χ2n) is 4.24. The van der Waals surface area contributed by atoms with Gasteiger partial charge in [0, 0.05) is 24.7 Å². The third-order valence-corrected chi connectivity index (χ3v) is 3.09. The molecule has 96 valence electrons. The van der Waals surface area contributed by atoms with Crippen LogP contribution in [0.25, 0.3) is 0 Å². The van der Waals surface area contributed by atoms with E-state index < -0.39 is 0 Å². The largest absolute Gasteiger partial charge is 0.311 e. The lowest BCUT2D eigenvalue weighted by Gasteiger charge is -2.19. The number of likely N-dealkylation sites (N-methyl/N-ethyl adjacent to an activating group) is 1. The molecular formula is C14H23ClN2. The lowest BCUT2D eigenvalue weighted by atomic mass is 10.2. The summed E-state index contributed by atoms with van der Waals surface area (Å²) < 4.78 is 0. The van der Waals surface area contributed by atoms with Crippen LogP contribution >= 0.6 is 11.6 Å². The van der Waals surface area contributed by atoms with E-state index in [-0.39, 0.29) is 0 Å². The molecule has 0 amide bonds. The van der Waals surface area contributed by atoms with E-state index in [2.05, 4.69) is 36.2 Å². The Bertz CT molecular complexity index is 298. The van der Waals surface area contributed by atoms with Gasteiger partial charge in [-0.05, 0) is 37.2 Å². The molecule has 0 fully saturated rings. The van der Waals surface area contributed by atoms with Gasteiger partial charge >= 0.3 is 0 Å². The highest BCUT2D eigenvalue weighted by Crippen LogP contribution is 2.08. The van der Waals surface area contributed by atoms with Gasteiger partial charge in [-0.1, -0.05) is 37.6 Å². The van der Waals surface area contributed by atoms with Crippen molar-refractivity contribution in [2.45, 2.75) is 26.8 Å². The van der Waals surface area contributed by atoms with Gasteiger partial charge in [0.05, 0.1) is 0 Å². The zero-order valence-corrected chi connectivity index (χ0v) is 11.6. The molecule has 17 heavy (non-hydrogen) atoms. The molecule has 0 saturated carbocycles. The van der Waals surface area contributed by atoms with Crippen LogP contribution in [-0.4, -0.2) is 31.1 Å². The van der Waals surface area contributed by atoms with Gasteiger partial charge < -0.3 is 10.2 Å². The highest BCUT2D eigenvalue weighted by molar-refractivity contribution is 6.30. The molecule has 0 saturated heterocycles. The van der Waals surface area contributed by atoms with Crippen LogP contribution < -0.4 is 5.32 Å². The van der Waals surface area contributed by atoms with E-state index in [1.165, 1.54) is 18.5 Å². The minimum Gasteiger partial charge on any atom is -0.311 e. The molecule has 0 atom stereocenters. The zero-order valence-electron chi connectivity index (χ0n) is 10.9. The number of benzene rings is 1. The minimum atomic E-state index is 0.800. The van der Waals surface area contributed by atoms with E-state index in [0.717, 1.165) is 31.2 Å². The van der Waals surface area contributed by atoms with Crippen molar-refractivity contribution in [3.05, 3.63) is 34.9 Å². The first-order valence-corrected chi connectivity index (χ1v) is 6.81. The van der Waals surface area contributed by atoms with Crippen LogP contribution in [0.3, 0.4) is 0 Å². The molecule has 0 radical (unpaired) electrons. The molecule has 0 unspecified atom stereocenters. The summed E-state index contributed by atoms with van der Waals surface area (Å²) in [6.07, 6.45) is 1.23. The Morgan fingerprint density at radius 1 is 1.12 bits per heavy atom. The first-order chi connectivity index (χ1) is 8.26. The van der Waals surface area contributed by atoms with Gasteiger partial charge in [0.25, 0.3) is 0 Å². The molecule has 3 heteroatoms. The second-order valence-corrected chi connectivity index (χ2v) is 4.67. The van der Waals surface area contributed by atoms with E-state index >= 15 is 0 Å². The summed E-state index contributed by atoms with van der Waals surface area (Å²) in [7, 11) is 0. The highest BCUT2D eigenvalue weighted by Gasteiger charge is 1.99. The third-order valence-electron chi connectivity index (χ3n) is 2.83. The molecule has 0 heterocycles. The molecular weight excluding hydrogens is 232 g/mol. The van der Waals surface area contributed by atoms with Gasteiger partial charge in [0.2, 0.25) is 0 Å². The van der Waals surface area contributed by atoms with Crippen LogP contribution in [0.1, 0.15) is 25.8 Å². The summed E-state index contributed by atoms with van der Waals surface area (Å²) in [6.45, 7) is 9.85. The average Bonchev–Trinajstić information content (AvgIpc) is 2.35. The van der Waals surface area contributed by atoms with E-state index in [0.29, 0.717) is 0 Å². The van der Waals surface area contributed by atoms with Crippen molar-refractivity contribution in [2.24, 2.45) is 0 Å². The van der Waals surface area contributed by atoms with E-state index in [9.17, 15) is 0 Å². The number of nitrogens with zero attached hydrogens (tertiary/aromatic N) is 1. The zero-order chi connectivity index (χ0) is 12.5. The van der Waals surface area contributed by atoms with Gasteiger partial charge in [-0.2, -0.15) is 0 Å². The van der Waals surface area contributed by atoms with Gasteiger partial charge in [0.15, 0.2) is 0 Å². The lowest BCUT2D eigenvalue weighted by Crippen LogP contribution is -2.32. The molecule has 0 bridgehead atoms. The Morgan fingerprint density at radius 2 is 1.82 bits per heavy atom. The quantitative estimate of drug-likeness (QED) is 0.717. The molecule has 1 N–H and O–H groups in total. The van der Waals surface area contributed by atoms with Crippen LogP contribution in [0, 0.1) is 0 Å². The average molecular weight is 255 g/mol. The first-order valence-electron chi connectivity index (χ1n) is 6.43.